The van der Waals surface area contributed by atoms with Crippen LogP contribution in [0, 0.1) is 6.92 Å². The molecule has 0 aliphatic carbocycles. The number of anilines is 1. The summed E-state index contributed by atoms with van der Waals surface area (Å²) in [4.78, 5) is 2.09. The van der Waals surface area contributed by atoms with Gasteiger partial charge in [0, 0.05) is 19.8 Å². The van der Waals surface area contributed by atoms with Gasteiger partial charge in [0.25, 0.3) is 0 Å². The van der Waals surface area contributed by atoms with Gasteiger partial charge in [0.15, 0.2) is 0 Å². The Bertz CT molecular complexity index is 515. The minimum Gasteiger partial charge on any atom is -0.378 e. The van der Waals surface area contributed by atoms with Crippen LogP contribution in [0.25, 0.3) is 0 Å². The van der Waals surface area contributed by atoms with Crippen molar-refractivity contribution in [1.29, 1.82) is 0 Å². The van der Waals surface area contributed by atoms with Gasteiger partial charge in [-0.2, -0.15) is 0 Å². The van der Waals surface area contributed by atoms with Crippen LogP contribution in [0.1, 0.15) is 22.7 Å². The van der Waals surface area contributed by atoms with Crippen LogP contribution in [0.5, 0.6) is 0 Å². The lowest BCUT2D eigenvalue weighted by Gasteiger charge is -2.16. The first-order valence-electron chi connectivity index (χ1n) is 6.17. The first kappa shape index (κ1) is 12.7. The molecule has 2 aromatic carbocycles. The highest BCUT2D eigenvalue weighted by molar-refractivity contribution is 5.47. The maximum absolute atomic E-state index is 6.30. The minimum absolute atomic E-state index is 0.0545. The molecule has 0 aliphatic heterocycles. The second kappa shape index (κ2) is 5.23. The summed E-state index contributed by atoms with van der Waals surface area (Å²) in [6.07, 6.45) is 0. The summed E-state index contributed by atoms with van der Waals surface area (Å²) in [5.74, 6) is 0. The summed E-state index contributed by atoms with van der Waals surface area (Å²) in [5, 5.41) is 0. The SMILES string of the molecule is Cc1cccc(C(N)c2ccc(N(C)C)cc2)c1. The predicted octanol–water partition coefficient (Wildman–Crippen LogP) is 3.11. The Morgan fingerprint density at radius 1 is 0.944 bits per heavy atom. The Morgan fingerprint density at radius 3 is 2.17 bits per heavy atom. The fourth-order valence-electron chi connectivity index (χ4n) is 2.04. The molecule has 2 rings (SSSR count). The third-order valence-corrected chi connectivity index (χ3v) is 3.17. The molecule has 0 bridgehead atoms. The van der Waals surface area contributed by atoms with Crippen molar-refractivity contribution in [3.63, 3.8) is 0 Å². The molecule has 0 amide bonds. The lowest BCUT2D eigenvalue weighted by Crippen LogP contribution is -2.13. The van der Waals surface area contributed by atoms with Gasteiger partial charge in [0.05, 0.1) is 6.04 Å². The van der Waals surface area contributed by atoms with E-state index in [-0.39, 0.29) is 6.04 Å². The number of hydrogen-bond acceptors (Lipinski definition) is 2. The quantitative estimate of drug-likeness (QED) is 0.893. The van der Waals surface area contributed by atoms with Crippen LogP contribution < -0.4 is 10.6 Å². The van der Waals surface area contributed by atoms with E-state index in [0.717, 1.165) is 11.1 Å². The molecule has 1 unspecified atom stereocenters. The molecule has 2 aromatic rings. The van der Waals surface area contributed by atoms with Crippen LogP contribution >= 0.6 is 0 Å². The van der Waals surface area contributed by atoms with Gasteiger partial charge in [-0.1, -0.05) is 42.0 Å². The highest BCUT2D eigenvalue weighted by atomic mass is 15.1. The first-order chi connectivity index (χ1) is 8.58. The Balaban J connectivity index is 2.26. The molecule has 0 radical (unpaired) electrons. The molecule has 1 atom stereocenters. The molecule has 2 heteroatoms. The predicted molar refractivity (Wildman–Crippen MR) is 78.0 cm³/mol. The molecular formula is C16H20N2. The molecule has 0 saturated carbocycles. The van der Waals surface area contributed by atoms with Crippen LogP contribution in [0.15, 0.2) is 48.5 Å². The molecule has 0 aromatic heterocycles. The zero-order chi connectivity index (χ0) is 13.1. The van der Waals surface area contributed by atoms with E-state index in [1.54, 1.807) is 0 Å². The number of hydrogen-bond donors (Lipinski definition) is 1. The monoisotopic (exact) mass is 240 g/mol. The van der Waals surface area contributed by atoms with Crippen molar-refractivity contribution in [1.82, 2.24) is 0 Å². The standard InChI is InChI=1S/C16H20N2/c1-12-5-4-6-14(11-12)16(17)13-7-9-15(10-8-13)18(2)3/h4-11,16H,17H2,1-3H3. The molecule has 94 valence electrons. The smallest absolute Gasteiger partial charge is 0.0551 e. The lowest BCUT2D eigenvalue weighted by atomic mass is 9.98. The number of nitrogens with zero attached hydrogens (tertiary/aromatic N) is 1. The van der Waals surface area contributed by atoms with Gasteiger partial charge in [0.2, 0.25) is 0 Å². The van der Waals surface area contributed by atoms with Crippen molar-refractivity contribution in [2.45, 2.75) is 13.0 Å². The zero-order valence-corrected chi connectivity index (χ0v) is 11.2. The molecule has 0 heterocycles. The number of nitrogens with two attached hydrogens (primary N) is 1. The zero-order valence-electron chi connectivity index (χ0n) is 11.2. The van der Waals surface area contributed by atoms with Crippen molar-refractivity contribution >= 4 is 5.69 Å². The Hall–Kier alpha value is -1.80. The van der Waals surface area contributed by atoms with E-state index >= 15 is 0 Å². The summed E-state index contributed by atoms with van der Waals surface area (Å²) in [6, 6.07) is 16.7. The van der Waals surface area contributed by atoms with Gasteiger partial charge in [-0.3, -0.25) is 0 Å². The van der Waals surface area contributed by atoms with Gasteiger partial charge >= 0.3 is 0 Å². The van der Waals surface area contributed by atoms with E-state index in [0.29, 0.717) is 0 Å². The summed E-state index contributed by atoms with van der Waals surface area (Å²) in [6.45, 7) is 2.09. The average molecular weight is 240 g/mol. The van der Waals surface area contributed by atoms with Gasteiger partial charge in [-0.05, 0) is 30.2 Å². The van der Waals surface area contributed by atoms with Crippen molar-refractivity contribution in [3.8, 4) is 0 Å². The molecule has 2 nitrogen and oxygen atoms in total. The maximum atomic E-state index is 6.30. The number of aryl methyl sites for hydroxylation is 1. The highest BCUT2D eigenvalue weighted by Crippen LogP contribution is 2.22. The van der Waals surface area contributed by atoms with Crippen molar-refractivity contribution < 1.29 is 0 Å². The molecule has 2 N–H and O–H groups in total. The second-order valence-corrected chi connectivity index (χ2v) is 4.88. The minimum atomic E-state index is -0.0545. The molecular weight excluding hydrogens is 220 g/mol. The van der Waals surface area contributed by atoms with Gasteiger partial charge in [0.1, 0.15) is 0 Å². The first-order valence-corrected chi connectivity index (χ1v) is 6.17. The van der Waals surface area contributed by atoms with E-state index in [2.05, 4.69) is 60.4 Å². The van der Waals surface area contributed by atoms with E-state index < -0.39 is 0 Å². The number of benzene rings is 2. The van der Waals surface area contributed by atoms with Crippen molar-refractivity contribution in [3.05, 3.63) is 65.2 Å². The lowest BCUT2D eigenvalue weighted by molar-refractivity contribution is 0.869. The summed E-state index contributed by atoms with van der Waals surface area (Å²) >= 11 is 0. The van der Waals surface area contributed by atoms with Crippen molar-refractivity contribution in [2.75, 3.05) is 19.0 Å². The van der Waals surface area contributed by atoms with E-state index in [9.17, 15) is 0 Å². The van der Waals surface area contributed by atoms with Gasteiger partial charge in [-0.15, -0.1) is 0 Å². The maximum Gasteiger partial charge on any atom is 0.0551 e. The van der Waals surface area contributed by atoms with Crippen molar-refractivity contribution in [2.24, 2.45) is 5.73 Å². The molecule has 0 spiro atoms. The second-order valence-electron chi connectivity index (χ2n) is 4.88. The van der Waals surface area contributed by atoms with E-state index in [4.69, 9.17) is 5.73 Å². The third-order valence-electron chi connectivity index (χ3n) is 3.17. The highest BCUT2D eigenvalue weighted by Gasteiger charge is 2.08. The fraction of sp³-hybridized carbons (Fsp3) is 0.250. The summed E-state index contributed by atoms with van der Waals surface area (Å²) < 4.78 is 0. The van der Waals surface area contributed by atoms with Crippen LogP contribution in [0.3, 0.4) is 0 Å². The van der Waals surface area contributed by atoms with Crippen LogP contribution in [-0.4, -0.2) is 14.1 Å². The topological polar surface area (TPSA) is 29.3 Å². The van der Waals surface area contributed by atoms with E-state index in [1.165, 1.54) is 11.3 Å². The Kier molecular flexibility index (Phi) is 3.68. The fourth-order valence-corrected chi connectivity index (χ4v) is 2.04. The third kappa shape index (κ3) is 2.71. The van der Waals surface area contributed by atoms with Gasteiger partial charge < -0.3 is 10.6 Å². The molecule has 0 fully saturated rings. The van der Waals surface area contributed by atoms with E-state index in [1.807, 2.05) is 14.1 Å². The largest absolute Gasteiger partial charge is 0.378 e. The Labute approximate surface area is 109 Å². The van der Waals surface area contributed by atoms with Crippen LogP contribution in [0.2, 0.25) is 0 Å². The molecule has 18 heavy (non-hydrogen) atoms. The van der Waals surface area contributed by atoms with Gasteiger partial charge in [-0.25, -0.2) is 0 Å². The Morgan fingerprint density at radius 2 is 1.61 bits per heavy atom. The summed E-state index contributed by atoms with van der Waals surface area (Å²) in [5.41, 5.74) is 11.0. The average Bonchev–Trinajstić information content (AvgIpc) is 2.38. The molecule has 0 saturated heterocycles. The number of rotatable bonds is 3. The van der Waals surface area contributed by atoms with Crippen LogP contribution in [0.4, 0.5) is 5.69 Å². The summed E-state index contributed by atoms with van der Waals surface area (Å²) in [7, 11) is 4.07. The van der Waals surface area contributed by atoms with Crippen LogP contribution in [-0.2, 0) is 0 Å². The molecule has 0 aliphatic rings. The normalized spacial score (nSPS) is 12.2.